The molecular weight excluding hydrogens is 406 g/mol. The Morgan fingerprint density at radius 3 is 2.20 bits per heavy atom. The second-order valence-electron chi connectivity index (χ2n) is 7.00. The number of rotatable bonds is 6. The third-order valence-electron chi connectivity index (χ3n) is 5.15. The Labute approximate surface area is 178 Å². The highest BCUT2D eigenvalue weighted by molar-refractivity contribution is 6.28. The minimum Gasteiger partial charge on any atom is -0.449 e. The van der Waals surface area contributed by atoms with Gasteiger partial charge in [-0.1, -0.05) is 48.5 Å². The number of aromatic nitrogens is 2. The summed E-state index contributed by atoms with van der Waals surface area (Å²) in [6, 6.07) is 16.1. The molecule has 1 aliphatic rings. The molecule has 0 saturated carbocycles. The molecule has 3 aromatic rings. The van der Waals surface area contributed by atoms with Crippen molar-refractivity contribution >= 4 is 17.7 Å². The van der Waals surface area contributed by atoms with Gasteiger partial charge in [-0.25, -0.2) is 14.8 Å². The Kier molecular flexibility index (Phi) is 5.94. The van der Waals surface area contributed by atoms with Crippen molar-refractivity contribution < 1.29 is 19.7 Å². The molecule has 2 atom stereocenters. The van der Waals surface area contributed by atoms with Gasteiger partial charge in [0, 0.05) is 30.4 Å². The standard InChI is InChI=1S/C22H20ClN3O4/c23-21-24-9-13(10-25-21)20(28)19(27)11-26-22(29)30-12-18-16-7-3-1-5-14(16)15-6-2-4-8-17(15)18/h1-10,18-20,27-28H,11-12H2,(H,26,29). The monoisotopic (exact) mass is 425 g/mol. The number of fused-ring (bicyclic) bond motifs is 3. The van der Waals surface area contributed by atoms with Crippen LogP contribution in [0, 0.1) is 0 Å². The number of carbonyl (C=O) groups is 1. The zero-order valence-electron chi connectivity index (χ0n) is 15.9. The van der Waals surface area contributed by atoms with Crippen LogP contribution in [-0.4, -0.2) is 45.5 Å². The number of alkyl carbamates (subject to hydrolysis) is 1. The van der Waals surface area contributed by atoms with Crippen molar-refractivity contribution in [1.29, 1.82) is 0 Å². The number of aliphatic hydroxyl groups is 2. The summed E-state index contributed by atoms with van der Waals surface area (Å²) >= 11 is 5.61. The van der Waals surface area contributed by atoms with Crippen LogP contribution in [0.1, 0.15) is 28.7 Å². The molecule has 8 heteroatoms. The quantitative estimate of drug-likeness (QED) is 0.524. The number of hydrogen-bond donors (Lipinski definition) is 3. The lowest BCUT2D eigenvalue weighted by Crippen LogP contribution is -2.36. The Bertz CT molecular complexity index is 999. The maximum atomic E-state index is 12.2. The van der Waals surface area contributed by atoms with E-state index in [4.69, 9.17) is 16.3 Å². The highest BCUT2D eigenvalue weighted by Crippen LogP contribution is 2.44. The first-order valence-electron chi connectivity index (χ1n) is 9.47. The van der Waals surface area contributed by atoms with Crippen molar-refractivity contribution in [3.8, 4) is 11.1 Å². The zero-order chi connectivity index (χ0) is 21.1. The van der Waals surface area contributed by atoms with Gasteiger partial charge >= 0.3 is 6.09 Å². The number of benzene rings is 2. The first-order chi connectivity index (χ1) is 14.5. The summed E-state index contributed by atoms with van der Waals surface area (Å²) in [5.41, 5.74) is 4.81. The average Bonchev–Trinajstić information content (AvgIpc) is 3.10. The fourth-order valence-electron chi connectivity index (χ4n) is 3.65. The van der Waals surface area contributed by atoms with Crippen molar-refractivity contribution in [1.82, 2.24) is 15.3 Å². The first kappa shape index (κ1) is 20.3. The summed E-state index contributed by atoms with van der Waals surface area (Å²) in [6.07, 6.45) is -0.561. The second kappa shape index (κ2) is 8.79. The van der Waals surface area contributed by atoms with E-state index in [0.717, 1.165) is 22.3 Å². The van der Waals surface area contributed by atoms with Crippen LogP contribution in [0.3, 0.4) is 0 Å². The third kappa shape index (κ3) is 4.14. The van der Waals surface area contributed by atoms with Crippen LogP contribution in [-0.2, 0) is 4.74 Å². The maximum Gasteiger partial charge on any atom is 0.407 e. The molecule has 0 aliphatic heterocycles. The normalized spacial score (nSPS) is 14.5. The molecule has 0 radical (unpaired) electrons. The number of hydrogen-bond acceptors (Lipinski definition) is 6. The van der Waals surface area contributed by atoms with E-state index < -0.39 is 18.3 Å². The van der Waals surface area contributed by atoms with Gasteiger partial charge in [0.25, 0.3) is 0 Å². The summed E-state index contributed by atoms with van der Waals surface area (Å²) in [5.74, 6) is -0.0510. The van der Waals surface area contributed by atoms with E-state index in [-0.39, 0.29) is 24.4 Å². The highest BCUT2D eigenvalue weighted by Gasteiger charge is 2.29. The van der Waals surface area contributed by atoms with E-state index in [9.17, 15) is 15.0 Å². The average molecular weight is 426 g/mol. The van der Waals surface area contributed by atoms with Gasteiger partial charge in [0.05, 0.1) is 0 Å². The van der Waals surface area contributed by atoms with Crippen LogP contribution in [0.4, 0.5) is 4.79 Å². The smallest absolute Gasteiger partial charge is 0.407 e. The predicted octanol–water partition coefficient (Wildman–Crippen LogP) is 3.06. The zero-order valence-corrected chi connectivity index (χ0v) is 16.7. The molecule has 1 aliphatic carbocycles. The molecule has 2 aromatic carbocycles. The van der Waals surface area contributed by atoms with Gasteiger partial charge in [-0.3, -0.25) is 0 Å². The van der Waals surface area contributed by atoms with Gasteiger partial charge in [0.15, 0.2) is 0 Å². The molecular formula is C22H20ClN3O4. The topological polar surface area (TPSA) is 105 Å². The molecule has 0 bridgehead atoms. The van der Waals surface area contributed by atoms with Crippen molar-refractivity contribution in [2.75, 3.05) is 13.2 Å². The van der Waals surface area contributed by atoms with Crippen LogP contribution in [0.5, 0.6) is 0 Å². The fraction of sp³-hybridized carbons (Fsp3) is 0.227. The molecule has 0 fully saturated rings. The van der Waals surface area contributed by atoms with Crippen LogP contribution >= 0.6 is 11.6 Å². The number of amides is 1. The maximum absolute atomic E-state index is 12.2. The molecule has 1 heterocycles. The number of halogens is 1. The molecule has 154 valence electrons. The molecule has 7 nitrogen and oxygen atoms in total. The summed E-state index contributed by atoms with van der Waals surface area (Å²) in [5, 5.41) is 22.8. The SMILES string of the molecule is O=C(NCC(O)C(O)c1cnc(Cl)nc1)OCC1c2ccccc2-c2ccccc21. The molecule has 30 heavy (non-hydrogen) atoms. The summed E-state index contributed by atoms with van der Waals surface area (Å²) in [4.78, 5) is 19.7. The largest absolute Gasteiger partial charge is 0.449 e. The molecule has 2 unspecified atom stereocenters. The van der Waals surface area contributed by atoms with E-state index >= 15 is 0 Å². The molecule has 4 rings (SSSR count). The van der Waals surface area contributed by atoms with Gasteiger partial charge in [-0.2, -0.15) is 0 Å². The number of aliphatic hydroxyl groups excluding tert-OH is 2. The number of carbonyl (C=O) groups excluding carboxylic acids is 1. The lowest BCUT2D eigenvalue weighted by Gasteiger charge is -2.19. The van der Waals surface area contributed by atoms with Crippen molar-refractivity contribution in [3.05, 3.63) is 82.9 Å². The molecule has 1 aromatic heterocycles. The summed E-state index contributed by atoms with van der Waals surface area (Å²) in [6.45, 7) is -0.0238. The summed E-state index contributed by atoms with van der Waals surface area (Å²) < 4.78 is 5.41. The molecule has 0 spiro atoms. The fourth-order valence-corrected chi connectivity index (χ4v) is 3.74. The Morgan fingerprint density at radius 1 is 1.03 bits per heavy atom. The van der Waals surface area contributed by atoms with Crippen LogP contribution in [0.15, 0.2) is 60.9 Å². The molecule has 3 N–H and O–H groups in total. The minimum atomic E-state index is -1.27. The van der Waals surface area contributed by atoms with E-state index in [1.807, 2.05) is 36.4 Å². The van der Waals surface area contributed by atoms with Crippen LogP contribution in [0.25, 0.3) is 11.1 Å². The van der Waals surface area contributed by atoms with Crippen molar-refractivity contribution in [3.63, 3.8) is 0 Å². The van der Waals surface area contributed by atoms with Gasteiger partial charge in [0.2, 0.25) is 5.28 Å². The number of nitrogens with zero attached hydrogens (tertiary/aromatic N) is 2. The molecule has 0 saturated heterocycles. The Hall–Kier alpha value is -3.00. The third-order valence-corrected chi connectivity index (χ3v) is 5.34. The molecule has 1 amide bonds. The van der Waals surface area contributed by atoms with Crippen LogP contribution in [0.2, 0.25) is 5.28 Å². The van der Waals surface area contributed by atoms with Gasteiger partial charge in [-0.15, -0.1) is 0 Å². The van der Waals surface area contributed by atoms with Gasteiger partial charge < -0.3 is 20.3 Å². The number of nitrogens with one attached hydrogen (secondary N) is 1. The Balaban J connectivity index is 1.33. The lowest BCUT2D eigenvalue weighted by atomic mass is 9.98. The Morgan fingerprint density at radius 2 is 1.60 bits per heavy atom. The van der Waals surface area contributed by atoms with Gasteiger partial charge in [-0.05, 0) is 33.9 Å². The van der Waals surface area contributed by atoms with Crippen molar-refractivity contribution in [2.45, 2.75) is 18.1 Å². The summed E-state index contributed by atoms with van der Waals surface area (Å²) in [7, 11) is 0. The minimum absolute atomic E-state index is 0.0391. The van der Waals surface area contributed by atoms with E-state index in [1.165, 1.54) is 12.4 Å². The lowest BCUT2D eigenvalue weighted by molar-refractivity contribution is 0.0181. The highest BCUT2D eigenvalue weighted by atomic mass is 35.5. The van der Waals surface area contributed by atoms with Gasteiger partial charge in [0.1, 0.15) is 18.8 Å². The number of ether oxygens (including phenoxy) is 1. The van der Waals surface area contributed by atoms with Crippen molar-refractivity contribution in [2.24, 2.45) is 0 Å². The second-order valence-corrected chi connectivity index (χ2v) is 7.34. The van der Waals surface area contributed by atoms with E-state index in [2.05, 4.69) is 27.4 Å². The van der Waals surface area contributed by atoms with E-state index in [0.29, 0.717) is 5.56 Å². The first-order valence-corrected chi connectivity index (χ1v) is 9.85. The van der Waals surface area contributed by atoms with Crippen LogP contribution < -0.4 is 5.32 Å². The van der Waals surface area contributed by atoms with E-state index in [1.54, 1.807) is 0 Å². The predicted molar refractivity (Wildman–Crippen MR) is 111 cm³/mol.